The quantitative estimate of drug-likeness (QED) is 0.426. The maximum atomic E-state index is 12.2. The molecule has 0 spiro atoms. The minimum absolute atomic E-state index is 0.149. The second-order valence-corrected chi connectivity index (χ2v) is 5.96. The molecule has 17 heavy (non-hydrogen) atoms. The third-order valence-electron chi connectivity index (χ3n) is 4.88. The lowest BCUT2D eigenvalue weighted by molar-refractivity contribution is -0.188. The summed E-state index contributed by atoms with van der Waals surface area (Å²) in [4.78, 5) is 22.4. The Bertz CT molecular complexity index is 332. The molecule has 94 valence electrons. The van der Waals surface area contributed by atoms with Crippen LogP contribution in [0.4, 0.5) is 0 Å². The van der Waals surface area contributed by atoms with E-state index in [9.17, 15) is 9.59 Å². The lowest BCUT2D eigenvalue weighted by atomic mass is 9.69. The standard InChI is InChI=1S/C13H18O4/c1-8(16-7-14)17-12(15)13-4-9-2-10(5-13)11(3-9)6-13/h7-11H,2-6H2,1H3/t8-,9?,10?,11?,13?/m1/s1. The Hall–Kier alpha value is -1.06. The van der Waals surface area contributed by atoms with E-state index in [0.29, 0.717) is 6.47 Å². The molecule has 0 aromatic heterocycles. The molecule has 2 unspecified atom stereocenters. The van der Waals surface area contributed by atoms with Gasteiger partial charge in [-0.25, -0.2) is 0 Å². The van der Waals surface area contributed by atoms with Gasteiger partial charge in [-0.1, -0.05) is 0 Å². The maximum absolute atomic E-state index is 12.2. The summed E-state index contributed by atoms with van der Waals surface area (Å²) in [6, 6.07) is 0. The van der Waals surface area contributed by atoms with Crippen LogP contribution < -0.4 is 0 Å². The van der Waals surface area contributed by atoms with E-state index in [2.05, 4.69) is 4.74 Å². The summed E-state index contributed by atoms with van der Waals surface area (Å²) in [5.41, 5.74) is -0.253. The van der Waals surface area contributed by atoms with Gasteiger partial charge in [-0.3, -0.25) is 9.59 Å². The fourth-order valence-corrected chi connectivity index (χ4v) is 4.44. The van der Waals surface area contributed by atoms with E-state index in [1.54, 1.807) is 6.92 Å². The Morgan fingerprint density at radius 1 is 1.29 bits per heavy atom. The summed E-state index contributed by atoms with van der Waals surface area (Å²) < 4.78 is 9.85. The second-order valence-electron chi connectivity index (χ2n) is 5.96. The van der Waals surface area contributed by atoms with Crippen molar-refractivity contribution in [3.8, 4) is 0 Å². The van der Waals surface area contributed by atoms with E-state index < -0.39 is 6.29 Å². The summed E-state index contributed by atoms with van der Waals surface area (Å²) in [5, 5.41) is 0. The van der Waals surface area contributed by atoms with Crippen molar-refractivity contribution in [2.75, 3.05) is 0 Å². The number of ether oxygens (including phenoxy) is 2. The average Bonchev–Trinajstić information content (AvgIpc) is 2.67. The van der Waals surface area contributed by atoms with Crippen LogP contribution in [0.2, 0.25) is 0 Å². The van der Waals surface area contributed by atoms with Crippen molar-refractivity contribution in [3.05, 3.63) is 0 Å². The molecule has 0 saturated heterocycles. The third-order valence-corrected chi connectivity index (χ3v) is 4.88. The molecule has 0 aromatic rings. The van der Waals surface area contributed by atoms with Crippen molar-refractivity contribution in [1.82, 2.24) is 0 Å². The van der Waals surface area contributed by atoms with Crippen LogP contribution in [-0.4, -0.2) is 18.7 Å². The van der Waals surface area contributed by atoms with Gasteiger partial charge in [0.1, 0.15) is 0 Å². The molecule has 4 aliphatic carbocycles. The van der Waals surface area contributed by atoms with Crippen LogP contribution in [0, 0.1) is 23.2 Å². The Kier molecular flexibility index (Phi) is 2.42. The molecule has 0 aliphatic heterocycles. The highest BCUT2D eigenvalue weighted by Crippen LogP contribution is 2.64. The van der Waals surface area contributed by atoms with E-state index in [0.717, 1.165) is 37.0 Å². The van der Waals surface area contributed by atoms with Gasteiger partial charge >= 0.3 is 5.97 Å². The summed E-state index contributed by atoms with van der Waals surface area (Å²) in [6.07, 6.45) is 4.81. The first-order valence-electron chi connectivity index (χ1n) is 6.43. The summed E-state index contributed by atoms with van der Waals surface area (Å²) in [5.74, 6) is 2.05. The van der Waals surface area contributed by atoms with Crippen LogP contribution in [-0.2, 0) is 19.1 Å². The van der Waals surface area contributed by atoms with Crippen LogP contribution in [0.3, 0.4) is 0 Å². The fourth-order valence-electron chi connectivity index (χ4n) is 4.44. The van der Waals surface area contributed by atoms with Gasteiger partial charge in [0.2, 0.25) is 6.29 Å². The topological polar surface area (TPSA) is 52.6 Å². The van der Waals surface area contributed by atoms with Gasteiger partial charge < -0.3 is 9.47 Å². The smallest absolute Gasteiger partial charge is 0.315 e. The number of rotatable bonds is 4. The van der Waals surface area contributed by atoms with Gasteiger partial charge in [0, 0.05) is 6.92 Å². The number of carbonyl (C=O) groups excluding carboxylic acids is 2. The first kappa shape index (κ1) is 11.1. The van der Waals surface area contributed by atoms with Gasteiger partial charge in [0.25, 0.3) is 6.47 Å². The third kappa shape index (κ3) is 1.65. The molecular weight excluding hydrogens is 220 g/mol. The van der Waals surface area contributed by atoms with E-state index in [1.165, 1.54) is 12.8 Å². The van der Waals surface area contributed by atoms with Gasteiger partial charge in [0.05, 0.1) is 5.41 Å². The number of carbonyl (C=O) groups is 2. The molecule has 4 nitrogen and oxygen atoms in total. The van der Waals surface area contributed by atoms with Crippen LogP contribution in [0.25, 0.3) is 0 Å². The predicted molar refractivity (Wildman–Crippen MR) is 58.7 cm³/mol. The van der Waals surface area contributed by atoms with Crippen molar-refractivity contribution in [2.24, 2.45) is 23.2 Å². The largest absolute Gasteiger partial charge is 0.428 e. The summed E-state index contributed by atoms with van der Waals surface area (Å²) >= 11 is 0. The van der Waals surface area contributed by atoms with E-state index >= 15 is 0 Å². The average molecular weight is 238 g/mol. The lowest BCUT2D eigenvalue weighted by Gasteiger charge is -2.36. The zero-order valence-electron chi connectivity index (χ0n) is 10.1. The number of hydrogen-bond donors (Lipinski definition) is 0. The van der Waals surface area contributed by atoms with Crippen molar-refractivity contribution in [3.63, 3.8) is 0 Å². The molecule has 0 N–H and O–H groups in total. The Morgan fingerprint density at radius 2 is 1.94 bits per heavy atom. The van der Waals surface area contributed by atoms with Crippen LogP contribution in [0.1, 0.15) is 39.0 Å². The molecule has 4 rings (SSSR count). The molecule has 3 atom stereocenters. The highest BCUT2D eigenvalue weighted by molar-refractivity contribution is 5.78. The summed E-state index contributed by atoms with van der Waals surface area (Å²) in [6.45, 7) is 1.91. The Morgan fingerprint density at radius 3 is 2.47 bits per heavy atom. The van der Waals surface area contributed by atoms with Crippen molar-refractivity contribution in [2.45, 2.75) is 45.3 Å². The molecule has 0 amide bonds. The Balaban J connectivity index is 1.68. The molecule has 4 aliphatic rings. The van der Waals surface area contributed by atoms with Gasteiger partial charge in [-0.05, 0) is 49.9 Å². The van der Waals surface area contributed by atoms with Gasteiger partial charge in [0.15, 0.2) is 0 Å². The Labute approximate surface area is 101 Å². The minimum Gasteiger partial charge on any atom is -0.428 e. The zero-order valence-corrected chi connectivity index (χ0v) is 10.1. The predicted octanol–water partition coefficient (Wildman–Crippen LogP) is 1.87. The first-order chi connectivity index (χ1) is 8.13. The zero-order chi connectivity index (χ0) is 12.0. The van der Waals surface area contributed by atoms with Crippen LogP contribution >= 0.6 is 0 Å². The van der Waals surface area contributed by atoms with Gasteiger partial charge in [-0.15, -0.1) is 0 Å². The summed E-state index contributed by atoms with van der Waals surface area (Å²) in [7, 11) is 0. The highest BCUT2D eigenvalue weighted by Gasteiger charge is 2.60. The first-order valence-corrected chi connectivity index (χ1v) is 6.43. The molecule has 0 heterocycles. The van der Waals surface area contributed by atoms with E-state index in [4.69, 9.17) is 4.74 Å². The van der Waals surface area contributed by atoms with Gasteiger partial charge in [-0.2, -0.15) is 0 Å². The van der Waals surface area contributed by atoms with Crippen LogP contribution in [0.5, 0.6) is 0 Å². The second kappa shape index (κ2) is 3.72. The van der Waals surface area contributed by atoms with Crippen molar-refractivity contribution < 1.29 is 19.1 Å². The number of esters is 1. The van der Waals surface area contributed by atoms with Crippen molar-refractivity contribution >= 4 is 12.4 Å². The molecule has 0 radical (unpaired) electrons. The van der Waals surface area contributed by atoms with Crippen LogP contribution in [0.15, 0.2) is 0 Å². The lowest BCUT2D eigenvalue weighted by Crippen LogP contribution is -2.38. The molecule has 4 fully saturated rings. The fraction of sp³-hybridized carbons (Fsp3) is 0.846. The normalized spacial score (nSPS) is 43.5. The molecule has 4 heteroatoms. The molecule has 4 saturated carbocycles. The highest BCUT2D eigenvalue weighted by atomic mass is 16.7. The number of hydrogen-bond acceptors (Lipinski definition) is 4. The maximum Gasteiger partial charge on any atom is 0.315 e. The van der Waals surface area contributed by atoms with E-state index in [-0.39, 0.29) is 11.4 Å². The van der Waals surface area contributed by atoms with E-state index in [1.807, 2.05) is 0 Å². The van der Waals surface area contributed by atoms with Crippen molar-refractivity contribution in [1.29, 1.82) is 0 Å². The molecule has 0 aromatic carbocycles. The monoisotopic (exact) mass is 238 g/mol. The molecular formula is C13H18O4. The minimum atomic E-state index is -0.758. The SMILES string of the molecule is C[C@H](OC=O)OC(=O)C12CC3CC(C1)C(C3)C2. The molecule has 4 bridgehead atoms.